The predicted octanol–water partition coefficient (Wildman–Crippen LogP) is 4.40. The molecule has 2 aliphatic rings. The third-order valence-corrected chi connectivity index (χ3v) is 5.99. The van der Waals surface area contributed by atoms with E-state index in [9.17, 15) is 0 Å². The number of hydrogen-bond donors (Lipinski definition) is 0. The molecule has 1 atom stereocenters. The molecule has 0 aliphatic carbocycles. The van der Waals surface area contributed by atoms with Gasteiger partial charge in [0.15, 0.2) is 0 Å². The van der Waals surface area contributed by atoms with Crippen LogP contribution in [0.3, 0.4) is 0 Å². The summed E-state index contributed by atoms with van der Waals surface area (Å²) < 4.78 is 2.07. The molecular formula is C24H20N4. The minimum absolute atomic E-state index is 0.155. The normalized spacial score (nSPS) is 17.8. The first kappa shape index (κ1) is 15.8. The molecule has 0 bridgehead atoms. The second-order valence-electron chi connectivity index (χ2n) is 7.55. The molecule has 6 rings (SSSR count). The van der Waals surface area contributed by atoms with Crippen LogP contribution in [0.2, 0.25) is 0 Å². The van der Waals surface area contributed by atoms with Gasteiger partial charge in [0.25, 0.3) is 0 Å². The molecule has 4 nitrogen and oxygen atoms in total. The third kappa shape index (κ3) is 2.28. The molecule has 3 aromatic carbocycles. The van der Waals surface area contributed by atoms with Gasteiger partial charge in [-0.1, -0.05) is 78.0 Å². The Morgan fingerprint density at radius 3 is 2.43 bits per heavy atom. The Morgan fingerprint density at radius 1 is 0.786 bits per heavy atom. The van der Waals surface area contributed by atoms with Gasteiger partial charge in [0, 0.05) is 18.7 Å². The zero-order chi connectivity index (χ0) is 18.5. The van der Waals surface area contributed by atoms with Crippen LogP contribution in [0.4, 0.5) is 0 Å². The molecular weight excluding hydrogens is 344 g/mol. The average Bonchev–Trinajstić information content (AvgIpc) is 3.13. The van der Waals surface area contributed by atoms with E-state index in [1.54, 1.807) is 0 Å². The number of nitrogens with zero attached hydrogens (tertiary/aromatic N) is 4. The minimum Gasteiger partial charge on any atom is -0.286 e. The van der Waals surface area contributed by atoms with E-state index in [1.807, 2.05) is 6.07 Å². The molecule has 3 heterocycles. The van der Waals surface area contributed by atoms with Crippen molar-refractivity contribution in [3.05, 3.63) is 101 Å². The maximum absolute atomic E-state index is 4.66. The molecule has 0 N–H and O–H groups in total. The minimum atomic E-state index is 0.155. The molecule has 0 spiro atoms. The van der Waals surface area contributed by atoms with Crippen molar-refractivity contribution in [2.75, 3.05) is 6.54 Å². The Kier molecular flexibility index (Phi) is 3.46. The van der Waals surface area contributed by atoms with Crippen LogP contribution in [-0.4, -0.2) is 26.4 Å². The highest BCUT2D eigenvalue weighted by molar-refractivity contribution is 5.65. The molecule has 4 aromatic rings. The van der Waals surface area contributed by atoms with Gasteiger partial charge in [-0.3, -0.25) is 4.90 Å². The van der Waals surface area contributed by atoms with Crippen LogP contribution in [0, 0.1) is 0 Å². The van der Waals surface area contributed by atoms with Gasteiger partial charge in [-0.15, -0.1) is 5.10 Å². The van der Waals surface area contributed by atoms with Crippen molar-refractivity contribution in [3.8, 4) is 16.9 Å². The Labute approximate surface area is 164 Å². The van der Waals surface area contributed by atoms with Crippen molar-refractivity contribution in [1.29, 1.82) is 0 Å². The van der Waals surface area contributed by atoms with Gasteiger partial charge in [0.05, 0.1) is 17.4 Å². The summed E-state index contributed by atoms with van der Waals surface area (Å²) in [6, 6.07) is 28.0. The fourth-order valence-electron chi connectivity index (χ4n) is 4.69. The number of rotatable bonds is 1. The Bertz CT molecular complexity index is 1160. The van der Waals surface area contributed by atoms with E-state index < -0.39 is 0 Å². The van der Waals surface area contributed by atoms with E-state index >= 15 is 0 Å². The molecule has 0 radical (unpaired) electrons. The predicted molar refractivity (Wildman–Crippen MR) is 109 cm³/mol. The summed E-state index contributed by atoms with van der Waals surface area (Å²) in [4.78, 5) is 2.58. The van der Waals surface area contributed by atoms with Gasteiger partial charge in [0.2, 0.25) is 0 Å². The van der Waals surface area contributed by atoms with E-state index in [4.69, 9.17) is 0 Å². The SMILES string of the molecule is c1ccc(-c2nnn3c2C2c4ccccc4CCN2Cc2ccccc2-3)cc1. The van der Waals surface area contributed by atoms with Crippen molar-refractivity contribution in [2.24, 2.45) is 0 Å². The van der Waals surface area contributed by atoms with Gasteiger partial charge < -0.3 is 0 Å². The first-order valence-corrected chi connectivity index (χ1v) is 9.81. The summed E-state index contributed by atoms with van der Waals surface area (Å²) in [5.74, 6) is 0. The molecule has 28 heavy (non-hydrogen) atoms. The van der Waals surface area contributed by atoms with E-state index in [0.29, 0.717) is 0 Å². The largest absolute Gasteiger partial charge is 0.286 e. The maximum atomic E-state index is 4.66. The summed E-state index contributed by atoms with van der Waals surface area (Å²) in [6.45, 7) is 1.96. The van der Waals surface area contributed by atoms with Crippen molar-refractivity contribution in [2.45, 2.75) is 19.0 Å². The molecule has 136 valence electrons. The third-order valence-electron chi connectivity index (χ3n) is 5.99. The summed E-state index contributed by atoms with van der Waals surface area (Å²) in [7, 11) is 0. The highest BCUT2D eigenvalue weighted by Crippen LogP contribution is 2.42. The molecule has 1 aromatic heterocycles. The molecule has 0 fully saturated rings. The van der Waals surface area contributed by atoms with E-state index in [0.717, 1.165) is 36.5 Å². The van der Waals surface area contributed by atoms with Gasteiger partial charge in [-0.2, -0.15) is 0 Å². The van der Waals surface area contributed by atoms with Crippen molar-refractivity contribution in [1.82, 2.24) is 19.9 Å². The first-order chi connectivity index (χ1) is 13.9. The first-order valence-electron chi connectivity index (χ1n) is 9.81. The maximum Gasteiger partial charge on any atom is 0.118 e. The molecule has 0 amide bonds. The summed E-state index contributed by atoms with van der Waals surface area (Å²) in [6.07, 6.45) is 1.08. The van der Waals surface area contributed by atoms with Crippen LogP contribution in [0.25, 0.3) is 16.9 Å². The van der Waals surface area contributed by atoms with Crippen LogP contribution in [0.15, 0.2) is 78.9 Å². The van der Waals surface area contributed by atoms with Gasteiger partial charge in [-0.05, 0) is 29.2 Å². The lowest BCUT2D eigenvalue weighted by molar-refractivity contribution is 0.204. The van der Waals surface area contributed by atoms with E-state index in [1.165, 1.54) is 22.4 Å². The monoisotopic (exact) mass is 364 g/mol. The summed E-state index contributed by atoms with van der Waals surface area (Å²) in [5, 5.41) is 9.30. The zero-order valence-electron chi connectivity index (χ0n) is 15.5. The highest BCUT2D eigenvalue weighted by atomic mass is 15.5. The smallest absolute Gasteiger partial charge is 0.118 e. The van der Waals surface area contributed by atoms with Crippen LogP contribution in [-0.2, 0) is 13.0 Å². The van der Waals surface area contributed by atoms with Crippen LogP contribution in [0.5, 0.6) is 0 Å². The number of para-hydroxylation sites is 1. The van der Waals surface area contributed by atoms with Crippen molar-refractivity contribution >= 4 is 0 Å². The fraction of sp³-hybridized carbons (Fsp3) is 0.167. The van der Waals surface area contributed by atoms with Crippen LogP contribution < -0.4 is 0 Å². The number of fused-ring (bicyclic) bond motifs is 7. The quantitative estimate of drug-likeness (QED) is 0.502. The van der Waals surface area contributed by atoms with Gasteiger partial charge >= 0.3 is 0 Å². The topological polar surface area (TPSA) is 34.0 Å². The summed E-state index contributed by atoms with van der Waals surface area (Å²) in [5.41, 5.74) is 8.51. The average molecular weight is 364 g/mol. The Hall–Kier alpha value is -3.24. The Balaban J connectivity index is 1.67. The van der Waals surface area contributed by atoms with Crippen LogP contribution in [0.1, 0.15) is 28.4 Å². The second-order valence-corrected chi connectivity index (χ2v) is 7.55. The standard InChI is InChI=1S/C24H20N4/c1-2-9-18(10-3-1)22-24-23-20-12-6-4-8-17(20)14-15-27(23)16-19-11-5-7-13-21(19)28(24)26-25-22/h1-13,23H,14-16H2. The molecule has 0 saturated heterocycles. The molecule has 1 unspecified atom stereocenters. The van der Waals surface area contributed by atoms with E-state index in [-0.39, 0.29) is 6.04 Å². The van der Waals surface area contributed by atoms with Crippen molar-refractivity contribution in [3.63, 3.8) is 0 Å². The highest BCUT2D eigenvalue weighted by Gasteiger charge is 2.37. The second kappa shape index (κ2) is 6.14. The van der Waals surface area contributed by atoms with Crippen molar-refractivity contribution < 1.29 is 0 Å². The number of hydrogen-bond acceptors (Lipinski definition) is 3. The lowest BCUT2D eigenvalue weighted by Gasteiger charge is -2.36. The number of aromatic nitrogens is 3. The summed E-state index contributed by atoms with van der Waals surface area (Å²) >= 11 is 0. The number of benzene rings is 3. The zero-order valence-corrected chi connectivity index (χ0v) is 15.5. The Morgan fingerprint density at radius 2 is 1.54 bits per heavy atom. The molecule has 2 aliphatic heterocycles. The fourth-order valence-corrected chi connectivity index (χ4v) is 4.69. The van der Waals surface area contributed by atoms with E-state index in [2.05, 4.69) is 92.7 Å². The van der Waals surface area contributed by atoms with Gasteiger partial charge in [0.1, 0.15) is 5.69 Å². The molecule has 0 saturated carbocycles. The lowest BCUT2D eigenvalue weighted by atomic mass is 9.89. The molecule has 4 heteroatoms. The van der Waals surface area contributed by atoms with Gasteiger partial charge in [-0.25, -0.2) is 4.68 Å². The lowest BCUT2D eigenvalue weighted by Crippen LogP contribution is -2.35. The van der Waals surface area contributed by atoms with Crippen LogP contribution >= 0.6 is 0 Å².